The second kappa shape index (κ2) is 6.34. The first-order valence-electron chi connectivity index (χ1n) is 7.25. The molecule has 0 aliphatic rings. The minimum atomic E-state index is -0.366. The van der Waals surface area contributed by atoms with Crippen LogP contribution in [0.25, 0.3) is 10.2 Å². The van der Waals surface area contributed by atoms with Crippen molar-refractivity contribution in [3.63, 3.8) is 0 Å². The monoisotopic (exact) mass is 328 g/mol. The highest BCUT2D eigenvalue weighted by Gasteiger charge is 2.10. The van der Waals surface area contributed by atoms with Gasteiger partial charge in [0.15, 0.2) is 0 Å². The van der Waals surface area contributed by atoms with Crippen LogP contribution in [0.1, 0.15) is 17.5 Å². The second-order valence-corrected chi connectivity index (χ2v) is 6.27. The van der Waals surface area contributed by atoms with Crippen LogP contribution in [0, 0.1) is 13.8 Å². The van der Waals surface area contributed by atoms with E-state index in [1.54, 1.807) is 12.1 Å². The number of hydrogen-bond acceptors (Lipinski definition) is 5. The number of carbonyl (C=O) groups excluding carboxylic acids is 1. The zero-order valence-corrected chi connectivity index (χ0v) is 13.7. The number of thiophene rings is 1. The molecule has 118 valence electrons. The van der Waals surface area contributed by atoms with Crippen molar-refractivity contribution in [2.45, 2.75) is 26.8 Å². The molecule has 3 rings (SSSR count). The molecule has 0 spiro atoms. The van der Waals surface area contributed by atoms with Gasteiger partial charge in [0, 0.05) is 6.54 Å². The summed E-state index contributed by atoms with van der Waals surface area (Å²) in [5, 5.41) is 2.41. The lowest BCUT2D eigenvalue weighted by Gasteiger charge is -2.09. The Morgan fingerprint density at radius 1 is 1.30 bits per heavy atom. The van der Waals surface area contributed by atoms with Gasteiger partial charge in [-0.25, -0.2) is 4.98 Å². The minimum absolute atomic E-state index is 0.116. The fourth-order valence-corrected chi connectivity index (χ4v) is 3.08. The molecule has 23 heavy (non-hydrogen) atoms. The lowest BCUT2D eigenvalue weighted by Crippen LogP contribution is -2.22. The predicted octanol–water partition coefficient (Wildman–Crippen LogP) is 3.07. The van der Waals surface area contributed by atoms with E-state index in [0.29, 0.717) is 16.0 Å². The van der Waals surface area contributed by atoms with Crippen molar-refractivity contribution in [1.29, 1.82) is 0 Å². The number of carbonyl (C=O) groups is 1. The first kappa shape index (κ1) is 15.4. The number of fused-ring (bicyclic) bond motifs is 1. The number of ether oxygens (including phenoxy) is 1. The van der Waals surface area contributed by atoms with Crippen LogP contribution in [-0.2, 0) is 11.3 Å². The van der Waals surface area contributed by atoms with Gasteiger partial charge in [-0.05, 0) is 36.9 Å². The molecule has 5 nitrogen and oxygen atoms in total. The van der Waals surface area contributed by atoms with Crippen LogP contribution in [-0.4, -0.2) is 15.5 Å². The molecular formula is C17H16N2O3S. The maximum Gasteiger partial charge on any atom is 0.313 e. The summed E-state index contributed by atoms with van der Waals surface area (Å²) in [6.45, 7) is 4.13. The normalized spacial score (nSPS) is 10.9. The van der Waals surface area contributed by atoms with E-state index in [1.165, 1.54) is 22.2 Å². The summed E-state index contributed by atoms with van der Waals surface area (Å²) in [4.78, 5) is 29.2. The third kappa shape index (κ3) is 3.32. The molecule has 2 aromatic heterocycles. The van der Waals surface area contributed by atoms with E-state index < -0.39 is 0 Å². The van der Waals surface area contributed by atoms with Crippen molar-refractivity contribution < 1.29 is 9.53 Å². The lowest BCUT2D eigenvalue weighted by molar-refractivity contribution is -0.134. The molecule has 0 aliphatic carbocycles. The minimum Gasteiger partial charge on any atom is -0.426 e. The first-order valence-corrected chi connectivity index (χ1v) is 8.13. The Kier molecular flexibility index (Phi) is 4.25. The molecule has 1 aromatic carbocycles. The molecule has 0 aliphatic heterocycles. The van der Waals surface area contributed by atoms with Gasteiger partial charge < -0.3 is 4.74 Å². The first-order chi connectivity index (χ1) is 11.0. The zero-order valence-electron chi connectivity index (χ0n) is 12.9. The summed E-state index contributed by atoms with van der Waals surface area (Å²) in [7, 11) is 0. The summed E-state index contributed by atoms with van der Waals surface area (Å²) in [5.74, 6) is 0.189. The molecule has 0 atom stereocenters. The predicted molar refractivity (Wildman–Crippen MR) is 90.0 cm³/mol. The molecule has 0 saturated carbocycles. The Bertz CT molecular complexity index is 927. The number of hydrogen-bond donors (Lipinski definition) is 0. The van der Waals surface area contributed by atoms with Crippen molar-refractivity contribution in [2.75, 3.05) is 0 Å². The SMILES string of the molecule is Cc1ccc(OC(=O)CCn2cnc3sccc3c2=O)c(C)c1. The van der Waals surface area contributed by atoms with Crippen molar-refractivity contribution in [3.05, 3.63) is 57.5 Å². The topological polar surface area (TPSA) is 61.2 Å². The Morgan fingerprint density at radius 2 is 2.13 bits per heavy atom. The Hall–Kier alpha value is -2.47. The Labute approximate surface area is 137 Å². The zero-order chi connectivity index (χ0) is 16.4. The van der Waals surface area contributed by atoms with Crippen molar-refractivity contribution in [2.24, 2.45) is 0 Å². The summed E-state index contributed by atoms with van der Waals surface area (Å²) in [5.41, 5.74) is 1.90. The van der Waals surface area contributed by atoms with Gasteiger partial charge >= 0.3 is 5.97 Å². The molecule has 3 aromatic rings. The van der Waals surface area contributed by atoms with Gasteiger partial charge in [0.1, 0.15) is 10.6 Å². The molecule has 2 heterocycles. The number of aromatic nitrogens is 2. The van der Waals surface area contributed by atoms with Gasteiger partial charge in [-0.1, -0.05) is 17.7 Å². The highest BCUT2D eigenvalue weighted by Crippen LogP contribution is 2.19. The van der Waals surface area contributed by atoms with Gasteiger partial charge in [-0.3, -0.25) is 14.2 Å². The van der Waals surface area contributed by atoms with Gasteiger partial charge in [0.25, 0.3) is 5.56 Å². The molecule has 0 bridgehead atoms. The van der Waals surface area contributed by atoms with Crippen LogP contribution < -0.4 is 10.3 Å². The Balaban J connectivity index is 1.68. The summed E-state index contributed by atoms with van der Waals surface area (Å²) >= 11 is 1.42. The molecule has 0 amide bonds. The maximum atomic E-state index is 12.2. The van der Waals surface area contributed by atoms with Crippen LogP contribution in [0.5, 0.6) is 5.75 Å². The van der Waals surface area contributed by atoms with Crippen LogP contribution in [0.3, 0.4) is 0 Å². The van der Waals surface area contributed by atoms with Gasteiger partial charge in [0.05, 0.1) is 18.1 Å². The van der Waals surface area contributed by atoms with Crippen LogP contribution in [0.15, 0.2) is 40.8 Å². The number of benzene rings is 1. The van der Waals surface area contributed by atoms with E-state index in [-0.39, 0.29) is 24.5 Å². The van der Waals surface area contributed by atoms with Gasteiger partial charge in [-0.15, -0.1) is 11.3 Å². The number of nitrogens with zero attached hydrogens (tertiary/aromatic N) is 2. The van der Waals surface area contributed by atoms with E-state index in [4.69, 9.17) is 4.74 Å². The van der Waals surface area contributed by atoms with E-state index in [2.05, 4.69) is 4.98 Å². The summed E-state index contributed by atoms with van der Waals surface area (Å²) in [6, 6.07) is 7.39. The highest BCUT2D eigenvalue weighted by molar-refractivity contribution is 7.16. The van der Waals surface area contributed by atoms with Crippen LogP contribution >= 0.6 is 11.3 Å². The maximum absolute atomic E-state index is 12.2. The molecule has 0 radical (unpaired) electrons. The average molecular weight is 328 g/mol. The molecule has 0 unspecified atom stereocenters. The fourth-order valence-electron chi connectivity index (χ4n) is 2.35. The highest BCUT2D eigenvalue weighted by atomic mass is 32.1. The van der Waals surface area contributed by atoms with E-state index in [9.17, 15) is 9.59 Å². The van der Waals surface area contributed by atoms with Crippen molar-refractivity contribution in [3.8, 4) is 5.75 Å². The third-order valence-corrected chi connectivity index (χ3v) is 4.38. The van der Waals surface area contributed by atoms with Gasteiger partial charge in [-0.2, -0.15) is 0 Å². The number of aryl methyl sites for hydroxylation is 3. The summed E-state index contributed by atoms with van der Waals surface area (Å²) < 4.78 is 6.80. The van der Waals surface area contributed by atoms with E-state index >= 15 is 0 Å². The van der Waals surface area contributed by atoms with Crippen molar-refractivity contribution in [1.82, 2.24) is 9.55 Å². The smallest absolute Gasteiger partial charge is 0.313 e. The second-order valence-electron chi connectivity index (χ2n) is 5.38. The third-order valence-electron chi connectivity index (χ3n) is 3.56. The molecule has 0 fully saturated rings. The van der Waals surface area contributed by atoms with E-state index in [1.807, 2.05) is 31.4 Å². The summed E-state index contributed by atoms with van der Waals surface area (Å²) in [6.07, 6.45) is 1.59. The Morgan fingerprint density at radius 3 is 2.91 bits per heavy atom. The standard InChI is InChI=1S/C17H16N2O3S/c1-11-3-4-14(12(2)9-11)22-15(20)5-7-19-10-18-16-13(17(19)21)6-8-23-16/h3-4,6,8-10H,5,7H2,1-2H3. The largest absolute Gasteiger partial charge is 0.426 e. The lowest BCUT2D eigenvalue weighted by atomic mass is 10.1. The average Bonchev–Trinajstić information content (AvgIpc) is 2.99. The molecule has 6 heteroatoms. The van der Waals surface area contributed by atoms with Crippen LogP contribution in [0.2, 0.25) is 0 Å². The fraction of sp³-hybridized carbons (Fsp3) is 0.235. The molecule has 0 saturated heterocycles. The number of rotatable bonds is 4. The number of esters is 1. The van der Waals surface area contributed by atoms with Gasteiger partial charge in [0.2, 0.25) is 0 Å². The molecular weight excluding hydrogens is 312 g/mol. The van der Waals surface area contributed by atoms with Crippen molar-refractivity contribution >= 4 is 27.5 Å². The molecule has 0 N–H and O–H groups in total. The van der Waals surface area contributed by atoms with Crippen LogP contribution in [0.4, 0.5) is 0 Å². The van der Waals surface area contributed by atoms with E-state index in [0.717, 1.165) is 11.1 Å². The quantitative estimate of drug-likeness (QED) is 0.545.